The average molecular weight is 784 g/mol. The zero-order chi connectivity index (χ0) is 41.8. The highest BCUT2D eigenvalue weighted by Gasteiger charge is 2.31. The van der Waals surface area contributed by atoms with Gasteiger partial charge in [0.05, 0.1) is 11.8 Å². The molecule has 56 heavy (non-hydrogen) atoms. The van der Waals surface area contributed by atoms with Crippen LogP contribution in [0.2, 0.25) is 0 Å². The summed E-state index contributed by atoms with van der Waals surface area (Å²) >= 11 is 0. The Hall–Kier alpha value is -2.59. The van der Waals surface area contributed by atoms with Crippen molar-refractivity contribution in [2.24, 2.45) is 10.8 Å². The molecule has 0 saturated heterocycles. The van der Waals surface area contributed by atoms with E-state index in [9.17, 15) is 14.4 Å². The molecule has 0 aliphatic heterocycles. The maximum atomic E-state index is 12.2. The van der Waals surface area contributed by atoms with Crippen LogP contribution in [0.5, 0.6) is 0 Å². The molecule has 1 amide bonds. The lowest BCUT2D eigenvalue weighted by atomic mass is 9.73. The molecule has 1 unspecified atom stereocenters. The van der Waals surface area contributed by atoms with E-state index in [1.807, 2.05) is 0 Å². The van der Waals surface area contributed by atoms with Gasteiger partial charge in [0.25, 0.3) is 0 Å². The summed E-state index contributed by atoms with van der Waals surface area (Å²) < 4.78 is 6.49. The summed E-state index contributed by atoms with van der Waals surface area (Å²) in [6.07, 6.45) is 36.3. The summed E-state index contributed by atoms with van der Waals surface area (Å²) in [6, 6.07) is 0. The van der Waals surface area contributed by atoms with Crippen LogP contribution in [0.3, 0.4) is 0 Å². The lowest BCUT2D eigenvalue weighted by Crippen LogP contribution is -2.33. The Bertz CT molecular complexity index is 1130. The van der Waals surface area contributed by atoms with Crippen LogP contribution in [0, 0.1) is 10.8 Å². The first-order valence-electron chi connectivity index (χ1n) is 23.0. The molecule has 0 aliphatic rings. The zero-order valence-corrected chi connectivity index (χ0v) is 38.0. The average Bonchev–Trinajstić information content (AvgIpc) is 3.13. The van der Waals surface area contributed by atoms with Crippen molar-refractivity contribution in [3.05, 3.63) is 35.8 Å². The van der Waals surface area contributed by atoms with Gasteiger partial charge in [0, 0.05) is 32.5 Å². The van der Waals surface area contributed by atoms with Gasteiger partial charge in [-0.05, 0) is 102 Å². The molecule has 0 heterocycles. The molecule has 7 nitrogen and oxygen atoms in total. The molecule has 0 aromatic carbocycles. The Morgan fingerprint density at radius 3 is 1.64 bits per heavy atom. The Balaban J connectivity index is 4.78. The van der Waals surface area contributed by atoms with Gasteiger partial charge in [-0.1, -0.05) is 143 Å². The highest BCUT2D eigenvalue weighted by atomic mass is 16.5. The Morgan fingerprint density at radius 2 is 1.12 bits per heavy atom. The highest BCUT2D eigenvalue weighted by molar-refractivity contribution is 5.75. The molecular formula is C49H89N3O4. The maximum absolute atomic E-state index is 12.2. The summed E-state index contributed by atoms with van der Waals surface area (Å²) in [4.78, 5) is 38.1. The predicted molar refractivity (Wildman–Crippen MR) is 240 cm³/mol. The van der Waals surface area contributed by atoms with Gasteiger partial charge in [-0.25, -0.2) is 9.59 Å². The minimum atomic E-state index is -0.0815. The molecule has 0 bridgehead atoms. The molecule has 0 aromatic rings. The van der Waals surface area contributed by atoms with Crippen molar-refractivity contribution in [2.75, 3.05) is 33.7 Å². The molecule has 0 rings (SSSR count). The second-order valence-corrected chi connectivity index (χ2v) is 18.2. The molecule has 0 aliphatic carbocycles. The van der Waals surface area contributed by atoms with Gasteiger partial charge < -0.3 is 20.3 Å². The summed E-state index contributed by atoms with van der Waals surface area (Å²) in [5.41, 5.74) is 0.714. The van der Waals surface area contributed by atoms with E-state index in [0.717, 1.165) is 109 Å². The maximum Gasteiger partial charge on any atom is 0.220 e. The lowest BCUT2D eigenvalue weighted by molar-refractivity contribution is -0.121. The number of hydrogen-bond donors (Lipinski definition) is 2. The number of unbranched alkanes of at least 4 members (excludes halogenated alkanes) is 16. The largest absolute Gasteiger partial charge is 0.483 e. The van der Waals surface area contributed by atoms with Crippen molar-refractivity contribution in [1.29, 1.82) is 0 Å². The summed E-state index contributed by atoms with van der Waals surface area (Å²) in [5.74, 6) is 4.90. The third-order valence-electron chi connectivity index (χ3n) is 10.4. The van der Waals surface area contributed by atoms with E-state index >= 15 is 0 Å². The van der Waals surface area contributed by atoms with Gasteiger partial charge in [-0.15, -0.1) is 0 Å². The molecule has 0 radical (unpaired) electrons. The number of allylic oxidation sites excluding steroid dienone is 4. The standard InChI is InChI=1S/C49H89N3O4/c1-9-11-13-15-17-25-31-37-50-44(40-53)33-27-21-19-22-28-34-45(56-46(41-54)39-48(3,4)42-49(5,6)43-52(7)8)35-29-23-20-24-30-36-47(55)51-38-32-26-18-16-14-12-10-2/h25-26,31-32,45,50H,9-24,27-30,33-39,42-43H2,1-8H3,(H,51,55)/b31-25-,32-26-. The Kier molecular flexibility index (Phi) is 33.9. The van der Waals surface area contributed by atoms with Crippen molar-refractivity contribution in [1.82, 2.24) is 15.5 Å². The topological polar surface area (TPSA) is 87.7 Å². The van der Waals surface area contributed by atoms with Crippen molar-refractivity contribution in [3.63, 3.8) is 0 Å². The van der Waals surface area contributed by atoms with Crippen LogP contribution >= 0.6 is 0 Å². The van der Waals surface area contributed by atoms with E-state index in [4.69, 9.17) is 4.74 Å². The van der Waals surface area contributed by atoms with Crippen molar-refractivity contribution in [2.45, 2.75) is 215 Å². The number of nitrogens with one attached hydrogen (secondary N) is 2. The SMILES string of the molecule is CCCCCC/C=C\CNC(=O)CCCCCCCC(CCCCCCCC(=C=O)NC/C=C\CCCCCC)OC(=C=O)CC(C)(C)CC(C)(C)CN(C)C. The molecule has 0 saturated carbocycles. The van der Waals surface area contributed by atoms with Crippen LogP contribution in [-0.2, 0) is 19.1 Å². The van der Waals surface area contributed by atoms with E-state index < -0.39 is 0 Å². The fraction of sp³-hybridized carbons (Fsp3) is 0.816. The van der Waals surface area contributed by atoms with Gasteiger partial charge in [-0.3, -0.25) is 4.79 Å². The minimum Gasteiger partial charge on any atom is -0.483 e. The highest BCUT2D eigenvalue weighted by Crippen LogP contribution is 2.39. The third kappa shape index (κ3) is 34.6. The van der Waals surface area contributed by atoms with E-state index in [2.05, 4.69) is 107 Å². The number of amides is 1. The van der Waals surface area contributed by atoms with Crippen LogP contribution in [0.15, 0.2) is 35.8 Å². The van der Waals surface area contributed by atoms with Gasteiger partial charge >= 0.3 is 0 Å². The van der Waals surface area contributed by atoms with Gasteiger partial charge in [-0.2, -0.15) is 0 Å². The van der Waals surface area contributed by atoms with Gasteiger partial charge in [0.2, 0.25) is 5.91 Å². The van der Waals surface area contributed by atoms with Crippen LogP contribution in [0.25, 0.3) is 0 Å². The predicted octanol–water partition coefficient (Wildman–Crippen LogP) is 12.4. The van der Waals surface area contributed by atoms with Crippen LogP contribution < -0.4 is 10.6 Å². The van der Waals surface area contributed by atoms with Crippen molar-refractivity contribution in [3.8, 4) is 0 Å². The molecule has 2 N–H and O–H groups in total. The summed E-state index contributed by atoms with van der Waals surface area (Å²) in [5, 5.41) is 6.26. The molecule has 324 valence electrons. The third-order valence-corrected chi connectivity index (χ3v) is 10.4. The smallest absolute Gasteiger partial charge is 0.220 e. The first-order chi connectivity index (χ1) is 26.9. The molecular weight excluding hydrogens is 695 g/mol. The number of hydrogen-bond acceptors (Lipinski definition) is 6. The van der Waals surface area contributed by atoms with Gasteiger partial charge in [0.1, 0.15) is 5.94 Å². The number of rotatable bonds is 39. The van der Waals surface area contributed by atoms with Crippen molar-refractivity contribution < 1.29 is 19.1 Å². The van der Waals surface area contributed by atoms with Gasteiger partial charge in [0.15, 0.2) is 11.7 Å². The second-order valence-electron chi connectivity index (χ2n) is 18.2. The summed E-state index contributed by atoms with van der Waals surface area (Å²) in [6.45, 7) is 15.8. The first kappa shape index (κ1) is 53.4. The first-order valence-corrected chi connectivity index (χ1v) is 23.0. The number of nitrogens with zero attached hydrogens (tertiary/aromatic N) is 1. The number of carbonyl (C=O) groups is 1. The number of carbonyl (C=O) groups excluding carboxylic acids is 3. The van der Waals surface area contributed by atoms with Crippen LogP contribution in [0.1, 0.15) is 208 Å². The quantitative estimate of drug-likeness (QED) is 0.0279. The molecule has 0 aromatic heterocycles. The van der Waals surface area contributed by atoms with E-state index in [-0.39, 0.29) is 22.8 Å². The van der Waals surface area contributed by atoms with Crippen molar-refractivity contribution >= 4 is 17.8 Å². The van der Waals surface area contributed by atoms with Crippen LogP contribution in [-0.4, -0.2) is 62.5 Å². The fourth-order valence-electron chi connectivity index (χ4n) is 8.06. The van der Waals surface area contributed by atoms with E-state index in [0.29, 0.717) is 37.4 Å². The molecule has 1 atom stereocenters. The van der Waals surface area contributed by atoms with Crippen LogP contribution in [0.4, 0.5) is 0 Å². The normalized spacial score (nSPS) is 12.6. The molecule has 7 heteroatoms. The molecule has 0 fully saturated rings. The summed E-state index contributed by atoms with van der Waals surface area (Å²) in [7, 11) is 4.22. The monoisotopic (exact) mass is 784 g/mol. The molecule has 0 spiro atoms. The number of ether oxygens (including phenoxy) is 1. The Labute approximate surface area is 346 Å². The second kappa shape index (κ2) is 35.6. The zero-order valence-electron chi connectivity index (χ0n) is 38.0. The Morgan fingerprint density at radius 1 is 0.625 bits per heavy atom. The minimum absolute atomic E-state index is 0.0102. The van der Waals surface area contributed by atoms with E-state index in [1.54, 1.807) is 0 Å². The van der Waals surface area contributed by atoms with E-state index in [1.165, 1.54) is 51.4 Å². The fourth-order valence-corrected chi connectivity index (χ4v) is 8.06. The lowest BCUT2D eigenvalue weighted by Gasteiger charge is -2.37.